The second kappa shape index (κ2) is 8.48. The highest BCUT2D eigenvalue weighted by Crippen LogP contribution is 2.18. The molecule has 134 valence electrons. The molecule has 7 heteroatoms. The van der Waals surface area contributed by atoms with Crippen LogP contribution in [-0.4, -0.2) is 20.5 Å². The van der Waals surface area contributed by atoms with Crippen molar-refractivity contribution >= 4 is 16.1 Å². The number of urea groups is 1. The number of benzene rings is 1. The van der Waals surface area contributed by atoms with Crippen molar-refractivity contribution in [2.75, 3.05) is 0 Å². The van der Waals surface area contributed by atoms with Crippen LogP contribution < -0.4 is 15.8 Å². The molecule has 1 fully saturated rings. The molecule has 1 saturated carbocycles. The molecule has 0 bridgehead atoms. The molecule has 0 aromatic heterocycles. The van der Waals surface area contributed by atoms with Crippen molar-refractivity contribution < 1.29 is 13.2 Å². The van der Waals surface area contributed by atoms with Crippen LogP contribution >= 0.6 is 0 Å². The summed E-state index contributed by atoms with van der Waals surface area (Å²) >= 11 is 0. The number of sulfonamides is 1. The predicted octanol–water partition coefficient (Wildman–Crippen LogP) is 2.81. The quantitative estimate of drug-likeness (QED) is 0.775. The second-order valence-electron chi connectivity index (χ2n) is 6.50. The average Bonchev–Trinajstić information content (AvgIpc) is 2.49. The molecule has 6 nitrogen and oxygen atoms in total. The Morgan fingerprint density at radius 3 is 2.42 bits per heavy atom. The number of rotatable bonds is 4. The summed E-state index contributed by atoms with van der Waals surface area (Å²) in [7, 11) is -3.75. The highest BCUT2D eigenvalue weighted by atomic mass is 32.2. The first-order chi connectivity index (χ1) is 11.4. The number of primary sulfonamides is 1. The van der Waals surface area contributed by atoms with Crippen LogP contribution in [0, 0.1) is 0 Å². The second-order valence-corrected chi connectivity index (χ2v) is 8.06. The molecular formula is C17H27N3O3S. The van der Waals surface area contributed by atoms with E-state index < -0.39 is 10.0 Å². The Bertz CT molecular complexity index is 653. The van der Waals surface area contributed by atoms with Crippen molar-refractivity contribution in [3.63, 3.8) is 0 Å². The maximum atomic E-state index is 12.2. The van der Waals surface area contributed by atoms with E-state index in [2.05, 4.69) is 10.6 Å². The van der Waals surface area contributed by atoms with Crippen molar-refractivity contribution in [3.05, 3.63) is 29.8 Å². The first-order valence-electron chi connectivity index (χ1n) is 8.56. The molecule has 1 aromatic carbocycles. The Morgan fingerprint density at radius 1 is 1.17 bits per heavy atom. The summed E-state index contributed by atoms with van der Waals surface area (Å²) in [5.74, 6) is 0. The van der Waals surface area contributed by atoms with Gasteiger partial charge in [-0.25, -0.2) is 18.4 Å². The number of carbonyl (C=O) groups excluding carboxylic acids is 1. The first kappa shape index (κ1) is 18.7. The van der Waals surface area contributed by atoms with E-state index in [-0.39, 0.29) is 23.0 Å². The Kier molecular flexibility index (Phi) is 6.62. The molecular weight excluding hydrogens is 326 g/mol. The third-order valence-electron chi connectivity index (χ3n) is 4.47. The molecule has 0 unspecified atom stereocenters. The molecule has 0 spiro atoms. The van der Waals surface area contributed by atoms with Gasteiger partial charge in [0, 0.05) is 6.04 Å². The van der Waals surface area contributed by atoms with E-state index in [0.29, 0.717) is 5.56 Å². The van der Waals surface area contributed by atoms with Gasteiger partial charge in [-0.05, 0) is 37.5 Å². The molecule has 2 rings (SSSR count). The predicted molar refractivity (Wildman–Crippen MR) is 94.0 cm³/mol. The van der Waals surface area contributed by atoms with Gasteiger partial charge in [0.1, 0.15) is 0 Å². The monoisotopic (exact) mass is 353 g/mol. The molecule has 1 aromatic rings. The lowest BCUT2D eigenvalue weighted by molar-refractivity contribution is 0.231. The van der Waals surface area contributed by atoms with E-state index in [4.69, 9.17) is 5.14 Å². The van der Waals surface area contributed by atoms with Gasteiger partial charge in [-0.3, -0.25) is 0 Å². The standard InChI is InChI=1S/C17H27N3O3S/c1-13(14-8-7-11-16(12-14)24(18,22)23)19-17(21)20-15-9-5-3-2-4-6-10-15/h7-8,11-13,15H,2-6,9-10H2,1H3,(H2,18,22,23)(H2,19,20,21)/t13-/m0/s1. The number of hydrogen-bond donors (Lipinski definition) is 3. The van der Waals surface area contributed by atoms with Crippen molar-refractivity contribution in [1.29, 1.82) is 0 Å². The average molecular weight is 353 g/mol. The van der Waals surface area contributed by atoms with Crippen molar-refractivity contribution in [2.24, 2.45) is 5.14 Å². The fourth-order valence-corrected chi connectivity index (χ4v) is 3.64. The minimum atomic E-state index is -3.75. The van der Waals surface area contributed by atoms with Gasteiger partial charge in [0.2, 0.25) is 10.0 Å². The van der Waals surface area contributed by atoms with Crippen molar-refractivity contribution in [2.45, 2.75) is 68.8 Å². The zero-order chi connectivity index (χ0) is 17.6. The molecule has 2 amide bonds. The van der Waals surface area contributed by atoms with Gasteiger partial charge in [-0.2, -0.15) is 0 Å². The number of carbonyl (C=O) groups is 1. The van der Waals surface area contributed by atoms with Gasteiger partial charge >= 0.3 is 6.03 Å². The van der Waals surface area contributed by atoms with E-state index >= 15 is 0 Å². The minimum Gasteiger partial charge on any atom is -0.335 e. The van der Waals surface area contributed by atoms with E-state index in [9.17, 15) is 13.2 Å². The summed E-state index contributed by atoms with van der Waals surface area (Å²) in [6.45, 7) is 1.82. The third kappa shape index (κ3) is 5.79. The number of amides is 2. The van der Waals surface area contributed by atoms with Gasteiger partial charge in [-0.15, -0.1) is 0 Å². The smallest absolute Gasteiger partial charge is 0.315 e. The van der Waals surface area contributed by atoms with E-state index in [1.807, 2.05) is 6.92 Å². The first-order valence-corrected chi connectivity index (χ1v) is 10.1. The topological polar surface area (TPSA) is 101 Å². The molecule has 0 radical (unpaired) electrons. The lowest BCUT2D eigenvalue weighted by Crippen LogP contribution is -2.43. The summed E-state index contributed by atoms with van der Waals surface area (Å²) in [6.07, 6.45) is 8.09. The van der Waals surface area contributed by atoms with Crippen molar-refractivity contribution in [1.82, 2.24) is 10.6 Å². The third-order valence-corrected chi connectivity index (χ3v) is 5.39. The van der Waals surface area contributed by atoms with E-state index in [1.54, 1.807) is 12.1 Å². The van der Waals surface area contributed by atoms with Gasteiger partial charge < -0.3 is 10.6 Å². The number of nitrogens with two attached hydrogens (primary N) is 1. The lowest BCUT2D eigenvalue weighted by atomic mass is 9.97. The highest BCUT2D eigenvalue weighted by molar-refractivity contribution is 7.89. The normalized spacial score (nSPS) is 18.2. The van der Waals surface area contributed by atoms with E-state index in [0.717, 1.165) is 25.7 Å². The molecule has 0 saturated heterocycles. The zero-order valence-corrected chi connectivity index (χ0v) is 14.9. The Morgan fingerprint density at radius 2 is 1.79 bits per heavy atom. The van der Waals surface area contributed by atoms with Gasteiger partial charge in [0.15, 0.2) is 0 Å². The number of nitrogens with one attached hydrogen (secondary N) is 2. The van der Waals surface area contributed by atoms with Crippen LogP contribution in [0.4, 0.5) is 4.79 Å². The van der Waals surface area contributed by atoms with Gasteiger partial charge in [0.25, 0.3) is 0 Å². The maximum Gasteiger partial charge on any atom is 0.315 e. The molecule has 0 aliphatic heterocycles. The fourth-order valence-electron chi connectivity index (χ4n) is 3.07. The van der Waals surface area contributed by atoms with E-state index in [1.165, 1.54) is 31.4 Å². The summed E-state index contributed by atoms with van der Waals surface area (Å²) in [6, 6.07) is 6.04. The van der Waals surface area contributed by atoms with Crippen LogP contribution in [0.3, 0.4) is 0 Å². The van der Waals surface area contributed by atoms with Gasteiger partial charge in [-0.1, -0.05) is 44.2 Å². The zero-order valence-electron chi connectivity index (χ0n) is 14.1. The minimum absolute atomic E-state index is 0.0501. The molecule has 4 N–H and O–H groups in total. The van der Waals surface area contributed by atoms with Crippen LogP contribution in [0.5, 0.6) is 0 Å². The summed E-state index contributed by atoms with van der Waals surface area (Å²) in [5, 5.41) is 11.1. The fraction of sp³-hybridized carbons (Fsp3) is 0.588. The summed E-state index contributed by atoms with van der Waals surface area (Å²) in [4.78, 5) is 12.3. The Hall–Kier alpha value is -1.60. The summed E-state index contributed by atoms with van der Waals surface area (Å²) in [5.41, 5.74) is 0.703. The van der Waals surface area contributed by atoms with Crippen molar-refractivity contribution in [3.8, 4) is 0 Å². The molecule has 0 heterocycles. The largest absolute Gasteiger partial charge is 0.335 e. The molecule has 1 aliphatic carbocycles. The van der Waals surface area contributed by atoms with Crippen LogP contribution in [0.25, 0.3) is 0 Å². The maximum absolute atomic E-state index is 12.2. The van der Waals surface area contributed by atoms with Gasteiger partial charge in [0.05, 0.1) is 10.9 Å². The van der Waals surface area contributed by atoms with Crippen LogP contribution in [0.1, 0.15) is 63.5 Å². The SMILES string of the molecule is C[C@H](NC(=O)NC1CCCCCCC1)c1cccc(S(N)(=O)=O)c1. The highest BCUT2D eigenvalue weighted by Gasteiger charge is 2.17. The lowest BCUT2D eigenvalue weighted by Gasteiger charge is -2.23. The molecule has 1 aliphatic rings. The Labute approximate surface area is 144 Å². The van der Waals surface area contributed by atoms with Crippen LogP contribution in [0.2, 0.25) is 0 Å². The molecule has 24 heavy (non-hydrogen) atoms. The number of hydrogen-bond acceptors (Lipinski definition) is 3. The Balaban J connectivity index is 1.93. The molecule has 1 atom stereocenters. The van der Waals surface area contributed by atoms with Crippen LogP contribution in [0.15, 0.2) is 29.2 Å². The summed E-state index contributed by atoms with van der Waals surface area (Å²) < 4.78 is 22.9. The van der Waals surface area contributed by atoms with Crippen LogP contribution in [-0.2, 0) is 10.0 Å².